The van der Waals surface area contributed by atoms with Crippen molar-refractivity contribution in [3.05, 3.63) is 46.9 Å². The van der Waals surface area contributed by atoms with Gasteiger partial charge < -0.3 is 10.6 Å². The summed E-state index contributed by atoms with van der Waals surface area (Å²) in [4.78, 5) is 24.4. The number of aromatic nitrogens is 2. The zero-order valence-electron chi connectivity index (χ0n) is 16.4. The molecule has 2 N–H and O–H groups in total. The van der Waals surface area contributed by atoms with E-state index in [-0.39, 0.29) is 29.1 Å². The van der Waals surface area contributed by atoms with E-state index in [4.69, 9.17) is 0 Å². The zero-order chi connectivity index (χ0) is 20.3. The molecule has 0 radical (unpaired) electrons. The predicted molar refractivity (Wildman–Crippen MR) is 104 cm³/mol. The van der Waals surface area contributed by atoms with E-state index < -0.39 is 5.82 Å². The summed E-state index contributed by atoms with van der Waals surface area (Å²) in [6, 6.07) is 6.22. The van der Waals surface area contributed by atoms with Crippen molar-refractivity contribution in [3.8, 4) is 11.3 Å². The summed E-state index contributed by atoms with van der Waals surface area (Å²) in [5.74, 6) is -0.566. The lowest BCUT2D eigenvalue weighted by Gasteiger charge is -2.11. The molecule has 7 heteroatoms. The van der Waals surface area contributed by atoms with Crippen molar-refractivity contribution in [3.63, 3.8) is 0 Å². The minimum Gasteiger partial charge on any atom is -0.351 e. The fraction of sp³-hybridized carbons (Fsp3) is 0.429. The molecule has 0 atom stereocenters. The third-order valence-electron chi connectivity index (χ3n) is 4.70. The third-order valence-corrected chi connectivity index (χ3v) is 4.70. The van der Waals surface area contributed by atoms with Crippen LogP contribution in [-0.4, -0.2) is 34.6 Å². The van der Waals surface area contributed by atoms with Crippen molar-refractivity contribution < 1.29 is 14.0 Å². The molecule has 1 saturated carbocycles. The van der Waals surface area contributed by atoms with Gasteiger partial charge in [-0.2, -0.15) is 0 Å². The monoisotopic (exact) mass is 384 g/mol. The quantitative estimate of drug-likeness (QED) is 0.767. The van der Waals surface area contributed by atoms with Crippen molar-refractivity contribution >= 4 is 11.8 Å². The number of benzene rings is 1. The molecule has 3 rings (SSSR count). The van der Waals surface area contributed by atoms with Crippen LogP contribution >= 0.6 is 0 Å². The molecule has 0 saturated heterocycles. The van der Waals surface area contributed by atoms with Gasteiger partial charge in [0.2, 0.25) is 0 Å². The summed E-state index contributed by atoms with van der Waals surface area (Å²) in [6.07, 6.45) is 2.80. The Hall–Kier alpha value is -2.83. The van der Waals surface area contributed by atoms with Crippen molar-refractivity contribution in [1.29, 1.82) is 0 Å². The van der Waals surface area contributed by atoms with Crippen LogP contribution in [0, 0.1) is 18.7 Å². The second kappa shape index (κ2) is 8.46. The number of amides is 2. The van der Waals surface area contributed by atoms with Gasteiger partial charge in [-0.1, -0.05) is 13.8 Å². The van der Waals surface area contributed by atoms with Gasteiger partial charge in [0.05, 0.1) is 5.69 Å². The smallest absolute Gasteiger partial charge is 0.271 e. The van der Waals surface area contributed by atoms with Gasteiger partial charge in [-0.25, -0.2) is 4.39 Å². The molecule has 2 amide bonds. The van der Waals surface area contributed by atoms with Crippen LogP contribution in [0.4, 0.5) is 4.39 Å². The van der Waals surface area contributed by atoms with Crippen molar-refractivity contribution in [2.45, 2.75) is 46.1 Å². The minimum absolute atomic E-state index is 0.189. The molecule has 1 aliphatic carbocycles. The van der Waals surface area contributed by atoms with Gasteiger partial charge in [-0.15, -0.1) is 10.2 Å². The molecular formula is C21H25FN4O2. The first-order chi connectivity index (χ1) is 13.3. The Bertz CT molecular complexity index is 877. The fourth-order valence-electron chi connectivity index (χ4n) is 2.73. The highest BCUT2D eigenvalue weighted by molar-refractivity contribution is 5.96. The summed E-state index contributed by atoms with van der Waals surface area (Å²) in [5, 5.41) is 13.7. The number of carbonyl (C=O) groups is 2. The van der Waals surface area contributed by atoms with Crippen LogP contribution in [0.15, 0.2) is 24.3 Å². The van der Waals surface area contributed by atoms with Crippen LogP contribution in [-0.2, 0) is 0 Å². The van der Waals surface area contributed by atoms with Crippen LogP contribution in [0.3, 0.4) is 0 Å². The minimum atomic E-state index is -0.476. The second-order valence-corrected chi connectivity index (χ2v) is 7.62. The average molecular weight is 384 g/mol. The Labute approximate surface area is 163 Å². The number of halogens is 1. The van der Waals surface area contributed by atoms with Gasteiger partial charge in [0, 0.05) is 23.7 Å². The second-order valence-electron chi connectivity index (χ2n) is 7.62. The van der Waals surface area contributed by atoms with E-state index in [9.17, 15) is 14.0 Å². The van der Waals surface area contributed by atoms with E-state index in [0.29, 0.717) is 29.3 Å². The van der Waals surface area contributed by atoms with Gasteiger partial charge in [0.15, 0.2) is 5.69 Å². The Morgan fingerprint density at radius 1 is 1.18 bits per heavy atom. The SMILES string of the molecule is Cc1c(F)cc(C(=O)NC2CC2)cc1-c1ccc(C(=O)NCCC(C)C)nn1. The molecule has 0 aliphatic heterocycles. The average Bonchev–Trinajstić information content (AvgIpc) is 3.47. The number of nitrogens with zero attached hydrogens (tertiary/aromatic N) is 2. The summed E-state index contributed by atoms with van der Waals surface area (Å²) in [6.45, 7) is 6.37. The molecule has 0 bridgehead atoms. The van der Waals surface area contributed by atoms with Gasteiger partial charge in [0.25, 0.3) is 11.8 Å². The number of rotatable bonds is 7. The highest BCUT2D eigenvalue weighted by Gasteiger charge is 2.24. The maximum absolute atomic E-state index is 14.4. The summed E-state index contributed by atoms with van der Waals surface area (Å²) in [5.41, 5.74) is 1.73. The van der Waals surface area contributed by atoms with E-state index >= 15 is 0 Å². The lowest BCUT2D eigenvalue weighted by atomic mass is 10.0. The summed E-state index contributed by atoms with van der Waals surface area (Å²) < 4.78 is 14.4. The highest BCUT2D eigenvalue weighted by atomic mass is 19.1. The van der Waals surface area contributed by atoms with Crippen LogP contribution in [0.5, 0.6) is 0 Å². The predicted octanol–water partition coefficient (Wildman–Crippen LogP) is 3.26. The van der Waals surface area contributed by atoms with Gasteiger partial charge in [-0.05, 0) is 61.9 Å². The number of hydrogen-bond acceptors (Lipinski definition) is 4. The first kappa shape index (κ1) is 19.9. The lowest BCUT2D eigenvalue weighted by molar-refractivity contribution is 0.0940. The molecule has 1 aromatic heterocycles. The van der Waals surface area contributed by atoms with E-state index in [1.807, 2.05) is 0 Å². The van der Waals surface area contributed by atoms with E-state index in [2.05, 4.69) is 34.7 Å². The molecular weight excluding hydrogens is 359 g/mol. The van der Waals surface area contributed by atoms with Crippen LogP contribution < -0.4 is 10.6 Å². The Morgan fingerprint density at radius 2 is 1.93 bits per heavy atom. The first-order valence-electron chi connectivity index (χ1n) is 9.58. The van der Waals surface area contributed by atoms with Crippen LogP contribution in [0.25, 0.3) is 11.3 Å². The molecule has 1 heterocycles. The number of hydrogen-bond donors (Lipinski definition) is 2. The van der Waals surface area contributed by atoms with Crippen LogP contribution in [0.2, 0.25) is 0 Å². The van der Waals surface area contributed by atoms with Gasteiger partial charge in [-0.3, -0.25) is 9.59 Å². The van der Waals surface area contributed by atoms with Crippen LogP contribution in [0.1, 0.15) is 59.5 Å². The Balaban J connectivity index is 1.78. The summed E-state index contributed by atoms with van der Waals surface area (Å²) >= 11 is 0. The molecule has 1 aliphatic rings. The Morgan fingerprint density at radius 3 is 2.54 bits per heavy atom. The maximum atomic E-state index is 14.4. The molecule has 1 aromatic carbocycles. The fourth-order valence-corrected chi connectivity index (χ4v) is 2.73. The number of carbonyl (C=O) groups excluding carboxylic acids is 2. The first-order valence-corrected chi connectivity index (χ1v) is 9.58. The lowest BCUT2D eigenvalue weighted by Crippen LogP contribution is -2.26. The standard InChI is InChI=1S/C21H25FN4O2/c1-12(2)8-9-23-21(28)19-7-6-18(25-26-19)16-10-14(11-17(22)13(16)3)20(27)24-15-4-5-15/h6-7,10-12,15H,4-5,8-9H2,1-3H3,(H,23,28)(H,24,27). The molecule has 1 fully saturated rings. The largest absolute Gasteiger partial charge is 0.351 e. The molecule has 28 heavy (non-hydrogen) atoms. The zero-order valence-corrected chi connectivity index (χ0v) is 16.4. The highest BCUT2D eigenvalue weighted by Crippen LogP contribution is 2.26. The van der Waals surface area contributed by atoms with E-state index in [1.54, 1.807) is 25.1 Å². The molecule has 6 nitrogen and oxygen atoms in total. The normalized spacial score (nSPS) is 13.5. The Kier molecular flexibility index (Phi) is 6.02. The van der Waals surface area contributed by atoms with Crippen molar-refractivity contribution in [1.82, 2.24) is 20.8 Å². The van der Waals surface area contributed by atoms with Gasteiger partial charge >= 0.3 is 0 Å². The van der Waals surface area contributed by atoms with E-state index in [0.717, 1.165) is 19.3 Å². The summed E-state index contributed by atoms with van der Waals surface area (Å²) in [7, 11) is 0. The molecule has 0 unspecified atom stereocenters. The maximum Gasteiger partial charge on any atom is 0.271 e. The molecule has 2 aromatic rings. The third kappa shape index (κ3) is 4.91. The molecule has 148 valence electrons. The van der Waals surface area contributed by atoms with Crippen molar-refractivity contribution in [2.75, 3.05) is 6.54 Å². The topological polar surface area (TPSA) is 84.0 Å². The van der Waals surface area contributed by atoms with E-state index in [1.165, 1.54) is 6.07 Å². The van der Waals surface area contributed by atoms with Crippen molar-refractivity contribution in [2.24, 2.45) is 5.92 Å². The van der Waals surface area contributed by atoms with Gasteiger partial charge in [0.1, 0.15) is 5.82 Å². The molecule has 0 spiro atoms. The number of nitrogens with one attached hydrogen (secondary N) is 2.